The smallest absolute Gasteiger partial charge is 0.0589 e. The molecule has 4 nitrogen and oxygen atoms in total. The lowest BCUT2D eigenvalue weighted by Gasteiger charge is -2.24. The number of ether oxygens (including phenoxy) is 1. The van der Waals surface area contributed by atoms with Crippen molar-refractivity contribution < 1.29 is 4.74 Å². The van der Waals surface area contributed by atoms with Crippen LogP contribution >= 0.6 is 0 Å². The van der Waals surface area contributed by atoms with E-state index in [0.29, 0.717) is 0 Å². The van der Waals surface area contributed by atoms with Crippen LogP contribution < -0.4 is 5.73 Å². The maximum Gasteiger partial charge on any atom is 0.0589 e. The van der Waals surface area contributed by atoms with E-state index in [2.05, 4.69) is 9.80 Å². The van der Waals surface area contributed by atoms with Gasteiger partial charge in [-0.15, -0.1) is 0 Å². The fourth-order valence-corrected chi connectivity index (χ4v) is 2.92. The summed E-state index contributed by atoms with van der Waals surface area (Å²) in [4.78, 5) is 5.16. The molecule has 2 saturated heterocycles. The molecule has 0 bridgehead atoms. The highest BCUT2D eigenvalue weighted by Gasteiger charge is 2.31. The third-order valence-corrected chi connectivity index (χ3v) is 4.03. The monoisotopic (exact) mass is 227 g/mol. The van der Waals surface area contributed by atoms with Gasteiger partial charge in [0.05, 0.1) is 6.61 Å². The van der Waals surface area contributed by atoms with Crippen LogP contribution in [0.1, 0.15) is 12.8 Å². The molecule has 94 valence electrons. The molecular formula is C12H25N3O. The van der Waals surface area contributed by atoms with Gasteiger partial charge >= 0.3 is 0 Å². The molecule has 0 spiro atoms. The van der Waals surface area contributed by atoms with Crippen LogP contribution in [0, 0.1) is 5.92 Å². The molecule has 0 amide bonds. The Morgan fingerprint density at radius 1 is 1.25 bits per heavy atom. The summed E-state index contributed by atoms with van der Waals surface area (Å²) in [5.74, 6) is 0.744. The van der Waals surface area contributed by atoms with Crippen LogP contribution in [0.4, 0.5) is 0 Å². The van der Waals surface area contributed by atoms with Crippen LogP contribution in [0.2, 0.25) is 0 Å². The van der Waals surface area contributed by atoms with E-state index in [1.807, 2.05) is 0 Å². The van der Waals surface area contributed by atoms with Crippen LogP contribution in [0.15, 0.2) is 0 Å². The number of likely N-dealkylation sites (tertiary alicyclic amines) is 2. The maximum absolute atomic E-state index is 5.73. The highest BCUT2D eigenvalue weighted by Crippen LogP contribution is 2.23. The number of methoxy groups -OCH3 is 1. The predicted molar refractivity (Wildman–Crippen MR) is 65.5 cm³/mol. The Kier molecular flexibility index (Phi) is 4.58. The summed E-state index contributed by atoms with van der Waals surface area (Å²) in [6.45, 7) is 7.73. The van der Waals surface area contributed by atoms with Gasteiger partial charge in [-0.25, -0.2) is 0 Å². The molecule has 4 heteroatoms. The lowest BCUT2D eigenvalue weighted by atomic mass is 10.1. The SMILES string of the molecule is COCCN1CCC(N2CCC(CN)C2)C1. The zero-order chi connectivity index (χ0) is 11.4. The van der Waals surface area contributed by atoms with Crippen molar-refractivity contribution in [3.05, 3.63) is 0 Å². The zero-order valence-electron chi connectivity index (χ0n) is 10.4. The van der Waals surface area contributed by atoms with Crippen LogP contribution in [0.5, 0.6) is 0 Å². The molecule has 0 radical (unpaired) electrons. The lowest BCUT2D eigenvalue weighted by Crippen LogP contribution is -2.37. The van der Waals surface area contributed by atoms with Gasteiger partial charge in [0.25, 0.3) is 0 Å². The van der Waals surface area contributed by atoms with Gasteiger partial charge in [0.1, 0.15) is 0 Å². The molecule has 0 aromatic heterocycles. The molecule has 2 aliphatic rings. The molecule has 2 atom stereocenters. The predicted octanol–water partition coefficient (Wildman–Crippen LogP) is -0.0123. The second kappa shape index (κ2) is 5.96. The molecule has 16 heavy (non-hydrogen) atoms. The van der Waals surface area contributed by atoms with Gasteiger partial charge in [-0.2, -0.15) is 0 Å². The summed E-state index contributed by atoms with van der Waals surface area (Å²) in [6, 6.07) is 0.772. The number of nitrogens with two attached hydrogens (primary N) is 1. The summed E-state index contributed by atoms with van der Waals surface area (Å²) < 4.78 is 5.13. The number of hydrogen-bond donors (Lipinski definition) is 1. The molecule has 0 saturated carbocycles. The van der Waals surface area contributed by atoms with Crippen LogP contribution in [-0.4, -0.2) is 68.8 Å². The normalized spacial score (nSPS) is 32.6. The molecule has 0 aromatic carbocycles. The van der Waals surface area contributed by atoms with Crippen molar-refractivity contribution in [1.82, 2.24) is 9.80 Å². The fraction of sp³-hybridized carbons (Fsp3) is 1.00. The highest BCUT2D eigenvalue weighted by molar-refractivity contribution is 4.88. The van der Waals surface area contributed by atoms with Gasteiger partial charge < -0.3 is 10.5 Å². The summed E-state index contributed by atoms with van der Waals surface area (Å²) in [6.07, 6.45) is 2.62. The molecule has 0 aliphatic carbocycles. The minimum atomic E-state index is 0.744. The van der Waals surface area contributed by atoms with Gasteiger partial charge in [0.15, 0.2) is 0 Å². The Balaban J connectivity index is 1.72. The average Bonchev–Trinajstić information content (AvgIpc) is 2.94. The van der Waals surface area contributed by atoms with Gasteiger partial charge in [-0.05, 0) is 38.4 Å². The summed E-state index contributed by atoms with van der Waals surface area (Å²) in [5, 5.41) is 0. The fourth-order valence-electron chi connectivity index (χ4n) is 2.92. The van der Waals surface area contributed by atoms with E-state index in [-0.39, 0.29) is 0 Å². The van der Waals surface area contributed by atoms with E-state index < -0.39 is 0 Å². The Bertz CT molecular complexity index is 212. The topological polar surface area (TPSA) is 41.7 Å². The van der Waals surface area contributed by atoms with E-state index in [4.69, 9.17) is 10.5 Å². The average molecular weight is 227 g/mol. The zero-order valence-corrected chi connectivity index (χ0v) is 10.4. The van der Waals surface area contributed by atoms with E-state index in [0.717, 1.165) is 31.7 Å². The largest absolute Gasteiger partial charge is 0.383 e. The quantitative estimate of drug-likeness (QED) is 0.717. The maximum atomic E-state index is 5.73. The lowest BCUT2D eigenvalue weighted by molar-refractivity contribution is 0.153. The van der Waals surface area contributed by atoms with Gasteiger partial charge in [-0.1, -0.05) is 0 Å². The van der Waals surface area contributed by atoms with Gasteiger partial charge in [0.2, 0.25) is 0 Å². The van der Waals surface area contributed by atoms with E-state index >= 15 is 0 Å². The Morgan fingerprint density at radius 2 is 2.12 bits per heavy atom. The van der Waals surface area contributed by atoms with Gasteiger partial charge in [-0.3, -0.25) is 9.80 Å². The first kappa shape index (κ1) is 12.3. The van der Waals surface area contributed by atoms with Crippen LogP contribution in [0.3, 0.4) is 0 Å². The van der Waals surface area contributed by atoms with Crippen molar-refractivity contribution in [3.8, 4) is 0 Å². The first-order chi connectivity index (χ1) is 7.83. The number of nitrogens with zero attached hydrogens (tertiary/aromatic N) is 2. The van der Waals surface area contributed by atoms with Crippen molar-refractivity contribution in [3.63, 3.8) is 0 Å². The number of hydrogen-bond acceptors (Lipinski definition) is 4. The second-order valence-corrected chi connectivity index (χ2v) is 5.12. The Labute approximate surface area is 98.7 Å². The van der Waals surface area contributed by atoms with E-state index in [1.165, 1.54) is 39.0 Å². The first-order valence-corrected chi connectivity index (χ1v) is 6.49. The van der Waals surface area contributed by atoms with Crippen LogP contribution in [-0.2, 0) is 4.74 Å². The molecule has 2 aliphatic heterocycles. The first-order valence-electron chi connectivity index (χ1n) is 6.49. The van der Waals surface area contributed by atoms with Crippen molar-refractivity contribution in [2.45, 2.75) is 18.9 Å². The standard InChI is InChI=1S/C12H25N3O/c1-16-7-6-14-4-3-12(10-14)15-5-2-11(8-13)9-15/h11-12H,2-10,13H2,1H3. The van der Waals surface area contributed by atoms with E-state index in [9.17, 15) is 0 Å². The third-order valence-electron chi connectivity index (χ3n) is 4.03. The molecule has 2 rings (SSSR count). The third kappa shape index (κ3) is 2.94. The van der Waals surface area contributed by atoms with E-state index in [1.54, 1.807) is 7.11 Å². The summed E-state index contributed by atoms with van der Waals surface area (Å²) in [5.41, 5.74) is 5.73. The highest BCUT2D eigenvalue weighted by atomic mass is 16.5. The Morgan fingerprint density at radius 3 is 2.81 bits per heavy atom. The minimum Gasteiger partial charge on any atom is -0.383 e. The summed E-state index contributed by atoms with van der Waals surface area (Å²) in [7, 11) is 1.78. The van der Waals surface area contributed by atoms with Crippen molar-refractivity contribution in [2.75, 3.05) is 53.0 Å². The van der Waals surface area contributed by atoms with Gasteiger partial charge in [0, 0.05) is 32.8 Å². The molecule has 2 unspecified atom stereocenters. The van der Waals surface area contributed by atoms with Crippen LogP contribution in [0.25, 0.3) is 0 Å². The minimum absolute atomic E-state index is 0.744. The van der Waals surface area contributed by atoms with Crippen molar-refractivity contribution in [1.29, 1.82) is 0 Å². The molecule has 2 fully saturated rings. The Hall–Kier alpha value is -0.160. The summed E-state index contributed by atoms with van der Waals surface area (Å²) >= 11 is 0. The molecule has 0 aromatic rings. The number of rotatable bonds is 5. The molecular weight excluding hydrogens is 202 g/mol. The molecule has 2 heterocycles. The van der Waals surface area contributed by atoms with Crippen molar-refractivity contribution >= 4 is 0 Å². The van der Waals surface area contributed by atoms with Crippen molar-refractivity contribution in [2.24, 2.45) is 11.7 Å². The second-order valence-electron chi connectivity index (χ2n) is 5.12. The molecule has 2 N–H and O–H groups in total.